The van der Waals surface area contributed by atoms with Crippen molar-refractivity contribution >= 4 is 140 Å². The smallest absolute Gasteiger partial charge is 0.350 e. The number of nitriles is 1. The van der Waals surface area contributed by atoms with Gasteiger partial charge in [-0.15, -0.1) is 68.5 Å². The third-order valence-corrected chi connectivity index (χ3v) is 13.0. The minimum absolute atomic E-state index is 0.0394. The van der Waals surface area contributed by atoms with E-state index < -0.39 is 0 Å². The second-order valence-electron chi connectivity index (χ2n) is 13.3. The monoisotopic (exact) mass is 1100 g/mol. The van der Waals surface area contributed by atoms with Gasteiger partial charge in [0.2, 0.25) is 0 Å². The number of aryl methyl sites for hydroxylation is 3. The zero-order valence-electron chi connectivity index (χ0n) is 40.0. The number of aromatic nitrogens is 6. The lowest BCUT2D eigenvalue weighted by Crippen LogP contribution is -2.07. The van der Waals surface area contributed by atoms with Crippen molar-refractivity contribution in [1.82, 2.24) is 29.9 Å². The molecule has 24 heteroatoms. The molecule has 0 saturated heterocycles. The number of alkyl halides is 2. The second kappa shape index (κ2) is 31.0. The number of hydrogen-bond acceptors (Lipinski definition) is 20. The highest BCUT2D eigenvalue weighted by Gasteiger charge is 2.12. The number of nitrogen functional groups attached to an aromatic ring is 2. The van der Waals surface area contributed by atoms with Gasteiger partial charge in [-0.3, -0.25) is 4.79 Å². The Kier molecular flexibility index (Phi) is 25.6. The Morgan fingerprint density at radius 1 is 0.676 bits per heavy atom. The van der Waals surface area contributed by atoms with E-state index in [1.807, 2.05) is 66.4 Å². The molecule has 9 rings (SSSR count). The number of ether oxygens (including phenoxy) is 5. The van der Waals surface area contributed by atoms with Crippen molar-refractivity contribution in [3.05, 3.63) is 120 Å². The van der Waals surface area contributed by atoms with Crippen LogP contribution in [0.5, 0.6) is 23.0 Å². The maximum atomic E-state index is 11.2. The zero-order chi connectivity index (χ0) is 52.5. The number of methoxy groups -OCH3 is 5. The standard InChI is InChI=1S/C15H15N3O2S.C8H11NO2.C7H5ClN2S.C7H6N2OS.C6H7NO2S.C2H4Cl2.C2H3N/c1-9-16-11-6-7-21-14(11)15(17-9)18-12-8-10(19-2)4-5-13(12)20-3;1-10-6-3-4-8(11-2)7(9)5-6;1-4-9-5-2-3-11-6(5)7(8)10-4;1-4-8-5-2-3-11-6(5)7(10)9-4;1-9-6(8)5-4(7)2-3-10-5;3-1-2-4;1-2-3/h4-8H,1-3H3,(H,16,17,18);3-5H,9H2,1-2H3;2-3H,1H3;2-3H,1H3,(H,8,9,10);2-3H,7H2,1H3;1-2H2;1H3. The van der Waals surface area contributed by atoms with Crippen LogP contribution in [0.4, 0.5) is 22.9 Å². The Bertz CT molecular complexity index is 3170. The first-order chi connectivity index (χ1) is 34.1. The fourth-order valence-electron chi connectivity index (χ4n) is 5.45. The molecule has 0 unspecified atom stereocenters. The Morgan fingerprint density at radius 2 is 1.18 bits per heavy atom. The normalized spacial score (nSPS) is 9.73. The number of rotatable bonds is 8. The Hall–Kier alpha value is -6.51. The minimum Gasteiger partial charge on any atom is -0.497 e. The number of nitrogens with two attached hydrogens (primary N) is 2. The summed E-state index contributed by atoms with van der Waals surface area (Å²) in [7, 11) is 7.79. The Labute approximate surface area is 441 Å². The van der Waals surface area contributed by atoms with Crippen molar-refractivity contribution in [3.8, 4) is 29.1 Å². The molecule has 2 aromatic carbocycles. The van der Waals surface area contributed by atoms with E-state index in [0.717, 1.165) is 66.4 Å². The SMILES string of the molecule is CC#N.COC(=O)c1sccc1N.COc1ccc(OC)c(N)c1.COc1ccc(OC)c(Nc2nc(C)nc3ccsc23)c1.Cc1nc(Cl)c2sccc2n1.Cc1nc2ccsc2c(=O)[nH]1.ClCCCl. The number of carbonyl (C=O) groups is 1. The lowest BCUT2D eigenvalue weighted by Gasteiger charge is -2.13. The average molecular weight is 1100 g/mol. The predicted molar refractivity (Wildman–Crippen MR) is 294 cm³/mol. The molecule has 376 valence electrons. The molecular weight excluding hydrogens is 1050 g/mol. The maximum Gasteiger partial charge on any atom is 0.350 e. The van der Waals surface area contributed by atoms with Crippen LogP contribution < -0.4 is 41.3 Å². The number of hydrogen-bond donors (Lipinski definition) is 4. The average Bonchev–Trinajstić information content (AvgIpc) is 4.21. The first-order valence-corrected chi connectivity index (χ1v) is 25.4. The van der Waals surface area contributed by atoms with Crippen LogP contribution >= 0.6 is 80.1 Å². The molecule has 9 aromatic rings. The predicted octanol–water partition coefficient (Wildman–Crippen LogP) is 12.1. The lowest BCUT2D eigenvalue weighted by atomic mass is 10.2. The maximum absolute atomic E-state index is 11.2. The number of aromatic amines is 1. The van der Waals surface area contributed by atoms with E-state index in [9.17, 15) is 9.59 Å². The van der Waals surface area contributed by atoms with Gasteiger partial charge in [0.15, 0.2) is 11.0 Å². The molecular formula is C47H51Cl3N10O7S4. The van der Waals surface area contributed by atoms with E-state index >= 15 is 0 Å². The van der Waals surface area contributed by atoms with Gasteiger partial charge >= 0.3 is 5.97 Å². The van der Waals surface area contributed by atoms with Gasteiger partial charge in [0, 0.05) is 30.8 Å². The molecule has 0 bridgehead atoms. The van der Waals surface area contributed by atoms with Crippen LogP contribution in [0, 0.1) is 32.1 Å². The lowest BCUT2D eigenvalue weighted by molar-refractivity contribution is 0.0607. The van der Waals surface area contributed by atoms with Gasteiger partial charge < -0.3 is 45.5 Å². The zero-order valence-corrected chi connectivity index (χ0v) is 45.5. The van der Waals surface area contributed by atoms with Crippen LogP contribution in [0.2, 0.25) is 5.15 Å². The third-order valence-electron chi connectivity index (χ3n) is 8.46. The highest BCUT2D eigenvalue weighted by atomic mass is 35.5. The number of fused-ring (bicyclic) bond motifs is 3. The highest BCUT2D eigenvalue weighted by Crippen LogP contribution is 2.35. The number of benzene rings is 2. The highest BCUT2D eigenvalue weighted by molar-refractivity contribution is 7.18. The molecule has 0 radical (unpaired) electrons. The minimum atomic E-state index is -0.368. The van der Waals surface area contributed by atoms with E-state index in [1.165, 1.54) is 36.7 Å². The van der Waals surface area contributed by atoms with Crippen LogP contribution in [0.1, 0.15) is 34.1 Å². The van der Waals surface area contributed by atoms with Gasteiger partial charge in [0.1, 0.15) is 50.0 Å². The molecule has 71 heavy (non-hydrogen) atoms. The number of halogens is 3. The fourth-order valence-corrected chi connectivity index (χ4v) is 8.75. The molecule has 0 atom stereocenters. The van der Waals surface area contributed by atoms with E-state index in [-0.39, 0.29) is 11.5 Å². The van der Waals surface area contributed by atoms with Gasteiger partial charge in [0.05, 0.1) is 84.6 Å². The van der Waals surface area contributed by atoms with Gasteiger partial charge in [-0.05, 0) is 90.8 Å². The quantitative estimate of drug-likeness (QED) is 0.0478. The molecule has 0 fully saturated rings. The van der Waals surface area contributed by atoms with Crippen molar-refractivity contribution in [2.24, 2.45) is 0 Å². The largest absolute Gasteiger partial charge is 0.497 e. The molecule has 7 aromatic heterocycles. The summed E-state index contributed by atoms with van der Waals surface area (Å²) in [4.78, 5) is 46.4. The number of esters is 1. The van der Waals surface area contributed by atoms with Crippen molar-refractivity contribution in [2.45, 2.75) is 27.7 Å². The van der Waals surface area contributed by atoms with Crippen LogP contribution in [0.25, 0.3) is 30.6 Å². The first-order valence-electron chi connectivity index (χ1n) is 20.5. The number of carbonyl (C=O) groups excluding carboxylic acids is 1. The van der Waals surface area contributed by atoms with Gasteiger partial charge in [-0.25, -0.2) is 29.7 Å². The summed E-state index contributed by atoms with van der Waals surface area (Å²) >= 11 is 21.8. The second-order valence-corrected chi connectivity index (χ2v) is 18.1. The van der Waals surface area contributed by atoms with Crippen LogP contribution in [-0.4, -0.2) is 83.2 Å². The molecule has 7 heterocycles. The molecule has 0 aliphatic rings. The third kappa shape index (κ3) is 18.3. The summed E-state index contributed by atoms with van der Waals surface area (Å²) in [5.74, 6) is 6.54. The molecule has 0 amide bonds. The number of nitrogens with zero attached hydrogens (tertiary/aromatic N) is 6. The van der Waals surface area contributed by atoms with Crippen molar-refractivity contribution < 1.29 is 28.5 Å². The number of thiophene rings is 4. The summed E-state index contributed by atoms with van der Waals surface area (Å²) in [5.41, 5.74) is 15.5. The van der Waals surface area contributed by atoms with Crippen molar-refractivity contribution in [1.29, 1.82) is 5.26 Å². The Morgan fingerprint density at radius 3 is 1.70 bits per heavy atom. The van der Waals surface area contributed by atoms with Crippen LogP contribution in [0.15, 0.2) is 87.0 Å². The van der Waals surface area contributed by atoms with Crippen molar-refractivity contribution in [3.63, 3.8) is 0 Å². The first kappa shape index (κ1) is 58.8. The van der Waals surface area contributed by atoms with Crippen LogP contribution in [0.3, 0.4) is 0 Å². The number of H-pyrrole nitrogens is 1. The summed E-state index contributed by atoms with van der Waals surface area (Å²) < 4.78 is 27.7. The van der Waals surface area contributed by atoms with Crippen LogP contribution in [-0.2, 0) is 4.74 Å². The number of nitrogens with one attached hydrogen (secondary N) is 2. The molecule has 0 spiro atoms. The number of anilines is 4. The molecule has 0 saturated carbocycles. The summed E-state index contributed by atoms with van der Waals surface area (Å²) in [6.45, 7) is 6.92. The van der Waals surface area contributed by atoms with E-state index in [2.05, 4.69) is 40.0 Å². The fraction of sp³-hybridized carbons (Fsp3) is 0.234. The van der Waals surface area contributed by atoms with Gasteiger partial charge in [0.25, 0.3) is 5.56 Å². The molecule has 6 N–H and O–H groups in total. The van der Waals surface area contributed by atoms with E-state index in [1.54, 1.807) is 93.8 Å². The van der Waals surface area contributed by atoms with E-state index in [0.29, 0.717) is 49.4 Å². The van der Waals surface area contributed by atoms with Gasteiger partial charge in [-0.1, -0.05) is 11.6 Å². The Balaban J connectivity index is 0.000000234. The van der Waals surface area contributed by atoms with E-state index in [4.69, 9.17) is 70.5 Å². The van der Waals surface area contributed by atoms with Gasteiger partial charge in [-0.2, -0.15) is 5.26 Å². The topological polar surface area (TPSA) is 248 Å². The molecule has 0 aliphatic heterocycles. The van der Waals surface area contributed by atoms with Crippen molar-refractivity contribution in [2.75, 3.05) is 64.1 Å². The molecule has 17 nitrogen and oxygen atoms in total. The summed E-state index contributed by atoms with van der Waals surface area (Å²) in [5, 5.41) is 18.8. The summed E-state index contributed by atoms with van der Waals surface area (Å²) in [6, 6.07) is 20.1. The molecule has 0 aliphatic carbocycles. The summed E-state index contributed by atoms with van der Waals surface area (Å²) in [6.07, 6.45) is 0.